The van der Waals surface area contributed by atoms with Gasteiger partial charge < -0.3 is 4.57 Å². The smallest absolute Gasteiger partial charge is 0.231 e. The van der Waals surface area contributed by atoms with Gasteiger partial charge in [-0.2, -0.15) is 4.76 Å². The Labute approximate surface area is 117 Å². The van der Waals surface area contributed by atoms with Crippen molar-refractivity contribution in [1.29, 1.82) is 0 Å². The summed E-state index contributed by atoms with van der Waals surface area (Å²) in [5.41, 5.74) is 2.97. The zero-order valence-corrected chi connectivity index (χ0v) is 12.2. The number of hydrogen-bond acceptors (Lipinski definition) is 2. The molecule has 0 aliphatic carbocycles. The van der Waals surface area contributed by atoms with Crippen LogP contribution in [0.2, 0.25) is 0 Å². The van der Waals surface area contributed by atoms with Gasteiger partial charge in [0.1, 0.15) is 0 Å². The summed E-state index contributed by atoms with van der Waals surface area (Å²) >= 11 is 11.4. The summed E-state index contributed by atoms with van der Waals surface area (Å²) in [7, 11) is 0. The molecule has 0 bridgehead atoms. The van der Waals surface area contributed by atoms with Crippen molar-refractivity contribution >= 4 is 29.3 Å². The molecule has 0 spiro atoms. The Morgan fingerprint density at radius 1 is 1.28 bits per heavy atom. The molecule has 0 saturated heterocycles. The van der Waals surface area contributed by atoms with Crippen LogP contribution in [0.5, 0.6) is 0 Å². The number of benzene rings is 1. The first kappa shape index (κ1) is 13.5. The van der Waals surface area contributed by atoms with E-state index in [0.29, 0.717) is 12.2 Å². The fourth-order valence-corrected chi connectivity index (χ4v) is 2.26. The Bertz CT molecular complexity index is 578. The monoisotopic (exact) mass is 299 g/mol. The van der Waals surface area contributed by atoms with Crippen molar-refractivity contribution in [1.82, 2.24) is 9.55 Å². The van der Waals surface area contributed by atoms with Gasteiger partial charge in [-0.1, -0.05) is 52.3 Å². The number of rotatable bonds is 3. The van der Waals surface area contributed by atoms with E-state index in [9.17, 15) is 0 Å². The minimum atomic E-state index is -1.39. The van der Waals surface area contributed by atoms with E-state index >= 15 is 0 Å². The molecule has 1 heterocycles. The third kappa shape index (κ3) is 3.81. The highest BCUT2D eigenvalue weighted by Gasteiger charge is 1.99. The Kier molecular flexibility index (Phi) is 4.76. The summed E-state index contributed by atoms with van der Waals surface area (Å²) in [6.07, 6.45) is 3.59. The second kappa shape index (κ2) is 6.33. The summed E-state index contributed by atoms with van der Waals surface area (Å²) in [5, 5.41) is 0. The van der Waals surface area contributed by atoms with Crippen LogP contribution in [0.3, 0.4) is 0 Å². The number of halogens is 2. The Morgan fingerprint density at radius 2 is 2.00 bits per heavy atom. The fourth-order valence-electron chi connectivity index (χ4n) is 1.56. The Morgan fingerprint density at radius 3 is 2.67 bits per heavy atom. The van der Waals surface area contributed by atoms with Crippen molar-refractivity contribution in [3.8, 4) is 0 Å². The van der Waals surface area contributed by atoms with Crippen LogP contribution in [-0.4, -0.2) is 9.55 Å². The van der Waals surface area contributed by atoms with Crippen molar-refractivity contribution in [3.63, 3.8) is 0 Å². The van der Waals surface area contributed by atoms with E-state index in [1.54, 1.807) is 6.20 Å². The molecule has 0 fully saturated rings. The van der Waals surface area contributed by atoms with Gasteiger partial charge in [0.25, 0.3) is 0 Å². The molecular formula is C12H12Cl2N3P. The first-order valence-electron chi connectivity index (χ1n) is 5.38. The predicted molar refractivity (Wildman–Crippen MR) is 76.7 cm³/mol. The minimum Gasteiger partial charge on any atom is -0.313 e. The van der Waals surface area contributed by atoms with Crippen molar-refractivity contribution < 1.29 is 0 Å². The van der Waals surface area contributed by atoms with E-state index in [4.69, 9.17) is 22.5 Å². The number of hydrogen-bond donors (Lipinski definition) is 0. The molecule has 0 aliphatic rings. The Balaban J connectivity index is 2.32. The van der Waals surface area contributed by atoms with E-state index < -0.39 is 6.78 Å². The van der Waals surface area contributed by atoms with Gasteiger partial charge in [-0.3, -0.25) is 0 Å². The number of nitrogens with zero attached hydrogens (tertiary/aromatic N) is 3. The van der Waals surface area contributed by atoms with Crippen molar-refractivity contribution in [3.05, 3.63) is 59.5 Å². The molecule has 0 unspecified atom stereocenters. The topological polar surface area (TPSA) is 30.2 Å². The maximum atomic E-state index is 5.72. The highest BCUT2D eigenvalue weighted by Crippen LogP contribution is 2.47. The molecular weight excluding hydrogens is 288 g/mol. The predicted octanol–water partition coefficient (Wildman–Crippen LogP) is 3.85. The van der Waals surface area contributed by atoms with Crippen LogP contribution in [-0.2, 0) is 6.54 Å². The molecule has 0 N–H and O–H groups in total. The molecule has 94 valence electrons. The molecule has 0 saturated carbocycles. The third-order valence-corrected chi connectivity index (χ3v) is 3.22. The number of aromatic nitrogens is 2. The molecule has 6 heteroatoms. The molecule has 1 aromatic carbocycles. The van der Waals surface area contributed by atoms with Crippen LogP contribution in [0.4, 0.5) is 0 Å². The molecule has 0 amide bonds. The highest BCUT2D eigenvalue weighted by atomic mass is 35.9. The van der Waals surface area contributed by atoms with Gasteiger partial charge in [0.2, 0.25) is 12.4 Å². The molecule has 0 atom stereocenters. The van der Waals surface area contributed by atoms with Gasteiger partial charge in [-0.25, -0.2) is 4.98 Å². The molecule has 1 aromatic heterocycles. The maximum Gasteiger partial charge on any atom is 0.231 e. The zero-order valence-electron chi connectivity index (χ0n) is 9.79. The SMILES string of the molecule is Cc1ccc(Cn2cccn/c2=N\P(Cl)Cl)cc1. The molecule has 18 heavy (non-hydrogen) atoms. The highest BCUT2D eigenvalue weighted by molar-refractivity contribution is 8.02. The summed E-state index contributed by atoms with van der Waals surface area (Å²) in [6, 6.07) is 10.2. The summed E-state index contributed by atoms with van der Waals surface area (Å²) in [5.74, 6) is 0. The van der Waals surface area contributed by atoms with Crippen molar-refractivity contribution in [2.75, 3.05) is 0 Å². The second-order valence-corrected chi connectivity index (χ2v) is 6.92. The van der Waals surface area contributed by atoms with Crippen LogP contribution in [0, 0.1) is 6.92 Å². The Hall–Kier alpha value is -0.890. The molecule has 2 aromatic rings. The van der Waals surface area contributed by atoms with Crippen molar-refractivity contribution in [2.45, 2.75) is 13.5 Å². The normalized spacial score (nSPS) is 12.1. The van der Waals surface area contributed by atoms with Crippen LogP contribution in [0.15, 0.2) is 47.5 Å². The van der Waals surface area contributed by atoms with Crippen molar-refractivity contribution in [2.24, 2.45) is 4.76 Å². The van der Waals surface area contributed by atoms with E-state index in [2.05, 4.69) is 40.9 Å². The average molecular weight is 300 g/mol. The third-order valence-electron chi connectivity index (χ3n) is 2.44. The lowest BCUT2D eigenvalue weighted by molar-refractivity contribution is 0.713. The van der Waals surface area contributed by atoms with Crippen LogP contribution in [0.1, 0.15) is 11.1 Å². The molecule has 0 aliphatic heterocycles. The lowest BCUT2D eigenvalue weighted by Gasteiger charge is -2.07. The van der Waals surface area contributed by atoms with Gasteiger partial charge in [-0.15, -0.1) is 0 Å². The van der Waals surface area contributed by atoms with Gasteiger partial charge in [0, 0.05) is 12.4 Å². The first-order chi connectivity index (χ1) is 8.65. The fraction of sp³-hybridized carbons (Fsp3) is 0.167. The van der Waals surface area contributed by atoms with E-state index in [1.807, 2.05) is 16.8 Å². The lowest BCUT2D eigenvalue weighted by Crippen LogP contribution is -2.23. The van der Waals surface area contributed by atoms with E-state index in [1.165, 1.54) is 11.1 Å². The lowest BCUT2D eigenvalue weighted by atomic mass is 10.1. The minimum absolute atomic E-state index is 0.550. The maximum absolute atomic E-state index is 5.72. The van der Waals surface area contributed by atoms with Crippen LogP contribution >= 0.6 is 29.3 Å². The van der Waals surface area contributed by atoms with Gasteiger partial charge >= 0.3 is 0 Å². The van der Waals surface area contributed by atoms with Gasteiger partial charge in [0.15, 0.2) is 0 Å². The van der Waals surface area contributed by atoms with Gasteiger partial charge in [-0.05, 0) is 18.6 Å². The quantitative estimate of drug-likeness (QED) is 0.792. The summed E-state index contributed by atoms with van der Waals surface area (Å²) in [6.45, 7) is 1.38. The van der Waals surface area contributed by atoms with Crippen LogP contribution < -0.4 is 5.62 Å². The van der Waals surface area contributed by atoms with Gasteiger partial charge in [0.05, 0.1) is 6.54 Å². The van der Waals surface area contributed by atoms with E-state index in [-0.39, 0.29) is 0 Å². The largest absolute Gasteiger partial charge is 0.313 e. The second-order valence-electron chi connectivity index (χ2n) is 3.85. The van der Waals surface area contributed by atoms with E-state index in [0.717, 1.165) is 0 Å². The number of aryl methyl sites for hydroxylation is 1. The molecule has 2 rings (SSSR count). The summed E-state index contributed by atoms with van der Waals surface area (Å²) < 4.78 is 6.04. The summed E-state index contributed by atoms with van der Waals surface area (Å²) in [4.78, 5) is 4.18. The average Bonchev–Trinajstić information content (AvgIpc) is 2.34. The zero-order chi connectivity index (χ0) is 13.0. The van der Waals surface area contributed by atoms with Crippen LogP contribution in [0.25, 0.3) is 0 Å². The molecule has 3 nitrogen and oxygen atoms in total. The first-order valence-corrected chi connectivity index (χ1v) is 8.49. The standard InChI is InChI=1S/C12H12Cl2N3P/c1-10-3-5-11(6-4-10)9-17-8-2-7-15-12(17)16-18(13)14/h2-8H,9H2,1H3/b16-12+. The molecule has 0 radical (unpaired) electrons.